The van der Waals surface area contributed by atoms with Crippen molar-refractivity contribution < 1.29 is 14.0 Å². The molecule has 6 heteroatoms. The van der Waals surface area contributed by atoms with E-state index in [2.05, 4.69) is 0 Å². The van der Waals surface area contributed by atoms with Crippen molar-refractivity contribution in [2.24, 2.45) is 0 Å². The standard InChI is InChI=1S/C18H19ClN2O3/c19-16-3-1-2-14(12-16)4-5-17(22)20-7-9-21(10-8-20)18(23)15-6-11-24-13-15/h1-3,6,11-13H,4-5,7-10H2. The van der Waals surface area contributed by atoms with Crippen molar-refractivity contribution in [2.45, 2.75) is 12.8 Å². The third kappa shape index (κ3) is 3.97. The van der Waals surface area contributed by atoms with E-state index in [0.717, 1.165) is 5.56 Å². The van der Waals surface area contributed by atoms with Crippen LogP contribution in [0.5, 0.6) is 0 Å². The van der Waals surface area contributed by atoms with Crippen molar-refractivity contribution in [1.82, 2.24) is 9.80 Å². The van der Waals surface area contributed by atoms with Gasteiger partial charge in [0, 0.05) is 37.6 Å². The maximum atomic E-state index is 12.3. The molecule has 126 valence electrons. The highest BCUT2D eigenvalue weighted by atomic mass is 35.5. The lowest BCUT2D eigenvalue weighted by Crippen LogP contribution is -2.50. The number of aryl methyl sites for hydroxylation is 1. The lowest BCUT2D eigenvalue weighted by Gasteiger charge is -2.34. The number of halogens is 1. The smallest absolute Gasteiger partial charge is 0.257 e. The molecule has 0 radical (unpaired) electrons. The minimum atomic E-state index is -0.0465. The van der Waals surface area contributed by atoms with Crippen LogP contribution in [0.1, 0.15) is 22.3 Å². The minimum absolute atomic E-state index is 0.0465. The molecule has 0 unspecified atom stereocenters. The van der Waals surface area contributed by atoms with E-state index in [1.165, 1.54) is 12.5 Å². The number of hydrogen-bond acceptors (Lipinski definition) is 3. The Hall–Kier alpha value is -2.27. The largest absolute Gasteiger partial charge is 0.472 e. The zero-order valence-electron chi connectivity index (χ0n) is 13.3. The van der Waals surface area contributed by atoms with Crippen LogP contribution in [0.4, 0.5) is 0 Å². The highest BCUT2D eigenvalue weighted by molar-refractivity contribution is 6.30. The van der Waals surface area contributed by atoms with E-state index in [0.29, 0.717) is 49.6 Å². The molecular weight excluding hydrogens is 328 g/mol. The van der Waals surface area contributed by atoms with E-state index in [1.54, 1.807) is 11.0 Å². The summed E-state index contributed by atoms with van der Waals surface area (Å²) in [5, 5.41) is 0.686. The Morgan fingerprint density at radius 3 is 2.50 bits per heavy atom. The molecule has 2 amide bonds. The maximum absolute atomic E-state index is 12.3. The van der Waals surface area contributed by atoms with E-state index < -0.39 is 0 Å². The molecule has 0 saturated carbocycles. The van der Waals surface area contributed by atoms with Crippen molar-refractivity contribution in [1.29, 1.82) is 0 Å². The zero-order chi connectivity index (χ0) is 16.9. The normalized spacial score (nSPS) is 14.7. The first-order valence-electron chi connectivity index (χ1n) is 7.97. The van der Waals surface area contributed by atoms with Gasteiger partial charge in [-0.3, -0.25) is 9.59 Å². The third-order valence-electron chi connectivity index (χ3n) is 4.20. The van der Waals surface area contributed by atoms with Crippen LogP contribution in [0.15, 0.2) is 47.3 Å². The van der Waals surface area contributed by atoms with Crippen molar-refractivity contribution in [2.75, 3.05) is 26.2 Å². The van der Waals surface area contributed by atoms with E-state index >= 15 is 0 Å². The molecule has 1 aliphatic rings. The van der Waals surface area contributed by atoms with Crippen LogP contribution in [0.2, 0.25) is 5.02 Å². The second-order valence-electron chi connectivity index (χ2n) is 5.81. The van der Waals surface area contributed by atoms with Crippen LogP contribution in [0.3, 0.4) is 0 Å². The topological polar surface area (TPSA) is 53.8 Å². The van der Waals surface area contributed by atoms with Gasteiger partial charge in [-0.15, -0.1) is 0 Å². The molecule has 3 rings (SSSR count). The summed E-state index contributed by atoms with van der Waals surface area (Å²) in [5.41, 5.74) is 1.61. The molecule has 0 aliphatic carbocycles. The number of amides is 2. The van der Waals surface area contributed by atoms with Gasteiger partial charge < -0.3 is 14.2 Å². The van der Waals surface area contributed by atoms with Gasteiger partial charge >= 0.3 is 0 Å². The van der Waals surface area contributed by atoms with Gasteiger partial charge in [0.2, 0.25) is 5.91 Å². The number of piperazine rings is 1. The van der Waals surface area contributed by atoms with Crippen molar-refractivity contribution in [3.63, 3.8) is 0 Å². The molecule has 1 aliphatic heterocycles. The average Bonchev–Trinajstić information content (AvgIpc) is 3.14. The lowest BCUT2D eigenvalue weighted by atomic mass is 10.1. The number of hydrogen-bond donors (Lipinski definition) is 0. The Balaban J connectivity index is 1.47. The van der Waals surface area contributed by atoms with Gasteiger partial charge in [0.25, 0.3) is 5.91 Å². The fraction of sp³-hybridized carbons (Fsp3) is 0.333. The summed E-state index contributed by atoms with van der Waals surface area (Å²) in [7, 11) is 0. The monoisotopic (exact) mass is 346 g/mol. The van der Waals surface area contributed by atoms with Crippen LogP contribution in [-0.2, 0) is 11.2 Å². The third-order valence-corrected chi connectivity index (χ3v) is 4.44. The molecule has 0 N–H and O–H groups in total. The predicted molar refractivity (Wildman–Crippen MR) is 91.0 cm³/mol. The van der Waals surface area contributed by atoms with Gasteiger partial charge in [-0.1, -0.05) is 23.7 Å². The quantitative estimate of drug-likeness (QED) is 0.855. The van der Waals surface area contributed by atoms with Gasteiger partial charge in [0.1, 0.15) is 6.26 Å². The van der Waals surface area contributed by atoms with Crippen LogP contribution in [-0.4, -0.2) is 47.8 Å². The Labute approximate surface area is 145 Å². The summed E-state index contributed by atoms with van der Waals surface area (Å²) in [4.78, 5) is 28.1. The summed E-state index contributed by atoms with van der Waals surface area (Å²) in [6.45, 7) is 2.23. The minimum Gasteiger partial charge on any atom is -0.472 e. The SMILES string of the molecule is O=C(CCc1cccc(Cl)c1)N1CCN(C(=O)c2ccoc2)CC1. The van der Waals surface area contributed by atoms with Crippen LogP contribution in [0.25, 0.3) is 0 Å². The number of furan rings is 1. The number of carbonyl (C=O) groups is 2. The van der Waals surface area contributed by atoms with E-state index in [-0.39, 0.29) is 11.8 Å². The van der Waals surface area contributed by atoms with Crippen molar-refractivity contribution in [3.8, 4) is 0 Å². The summed E-state index contributed by atoms with van der Waals surface area (Å²) in [6, 6.07) is 9.23. The fourth-order valence-corrected chi connectivity index (χ4v) is 3.04. The molecule has 0 spiro atoms. The number of rotatable bonds is 4. The molecule has 2 aromatic rings. The summed E-state index contributed by atoms with van der Waals surface area (Å²) >= 11 is 5.96. The average molecular weight is 347 g/mol. The predicted octanol–water partition coefficient (Wildman–Crippen LogP) is 2.85. The number of carbonyl (C=O) groups excluding carboxylic acids is 2. The highest BCUT2D eigenvalue weighted by Gasteiger charge is 2.25. The van der Waals surface area contributed by atoms with Gasteiger partial charge in [0.05, 0.1) is 11.8 Å². The van der Waals surface area contributed by atoms with Crippen LogP contribution < -0.4 is 0 Å². The van der Waals surface area contributed by atoms with E-state index in [4.69, 9.17) is 16.0 Å². The van der Waals surface area contributed by atoms with Crippen LogP contribution in [0, 0.1) is 0 Å². The summed E-state index contributed by atoms with van der Waals surface area (Å²) < 4.78 is 4.95. The fourth-order valence-electron chi connectivity index (χ4n) is 2.83. The first-order chi connectivity index (χ1) is 11.6. The van der Waals surface area contributed by atoms with Gasteiger partial charge in [0.15, 0.2) is 0 Å². The van der Waals surface area contributed by atoms with Gasteiger partial charge in [-0.25, -0.2) is 0 Å². The van der Waals surface area contributed by atoms with Gasteiger partial charge in [-0.2, -0.15) is 0 Å². The van der Waals surface area contributed by atoms with Crippen LogP contribution >= 0.6 is 11.6 Å². The second-order valence-corrected chi connectivity index (χ2v) is 6.25. The molecule has 2 heterocycles. The lowest BCUT2D eigenvalue weighted by molar-refractivity contribution is -0.132. The van der Waals surface area contributed by atoms with Crippen molar-refractivity contribution in [3.05, 3.63) is 59.0 Å². The summed E-state index contributed by atoms with van der Waals surface area (Å²) in [6.07, 6.45) is 4.07. The molecule has 0 bridgehead atoms. The molecule has 1 fully saturated rings. The second kappa shape index (κ2) is 7.53. The Morgan fingerprint density at radius 1 is 1.08 bits per heavy atom. The molecule has 5 nitrogen and oxygen atoms in total. The summed E-state index contributed by atoms with van der Waals surface area (Å²) in [5.74, 6) is 0.0696. The molecule has 1 aromatic carbocycles. The maximum Gasteiger partial charge on any atom is 0.257 e. The highest BCUT2D eigenvalue weighted by Crippen LogP contribution is 2.14. The van der Waals surface area contributed by atoms with E-state index in [9.17, 15) is 9.59 Å². The Kier molecular flexibility index (Phi) is 5.20. The first-order valence-corrected chi connectivity index (χ1v) is 8.35. The Bertz CT molecular complexity index is 707. The first kappa shape index (κ1) is 16.6. The van der Waals surface area contributed by atoms with Crippen molar-refractivity contribution >= 4 is 23.4 Å². The zero-order valence-corrected chi connectivity index (χ0v) is 14.0. The number of benzene rings is 1. The Morgan fingerprint density at radius 2 is 1.83 bits per heavy atom. The molecule has 0 atom stereocenters. The van der Waals surface area contributed by atoms with Gasteiger partial charge in [-0.05, 0) is 30.2 Å². The molecule has 24 heavy (non-hydrogen) atoms. The molecule has 1 saturated heterocycles. The van der Waals surface area contributed by atoms with E-state index in [1.807, 2.05) is 29.2 Å². The molecule has 1 aromatic heterocycles. The molecular formula is C18H19ClN2O3. The number of nitrogens with zero attached hydrogens (tertiary/aromatic N) is 2.